The molecule has 0 unspecified atom stereocenters. The van der Waals surface area contributed by atoms with Gasteiger partial charge in [-0.1, -0.05) is 24.3 Å². The molecule has 4 heteroatoms. The average Bonchev–Trinajstić information content (AvgIpc) is 2.74. The molecule has 0 bridgehead atoms. The zero-order chi connectivity index (χ0) is 12.3. The first-order chi connectivity index (χ1) is 8.26. The van der Waals surface area contributed by atoms with E-state index >= 15 is 0 Å². The lowest BCUT2D eigenvalue weighted by Crippen LogP contribution is -2.06. The van der Waals surface area contributed by atoms with Crippen molar-refractivity contribution in [2.24, 2.45) is 0 Å². The maximum atomic E-state index is 5.84. The Labute approximate surface area is 106 Å². The van der Waals surface area contributed by atoms with Gasteiger partial charge >= 0.3 is 0 Å². The number of hydrogen-bond donors (Lipinski definition) is 0. The van der Waals surface area contributed by atoms with Crippen LogP contribution in [-0.4, -0.2) is 14.8 Å². The minimum absolute atomic E-state index is 0.411. The van der Waals surface area contributed by atoms with Crippen LogP contribution in [0.5, 0.6) is 0 Å². The van der Waals surface area contributed by atoms with Crippen molar-refractivity contribution >= 4 is 11.6 Å². The molecule has 0 aliphatic heterocycles. The fourth-order valence-electron chi connectivity index (χ4n) is 1.95. The lowest BCUT2D eigenvalue weighted by atomic mass is 10.1. The number of hydrogen-bond acceptors (Lipinski definition) is 2. The molecule has 2 rings (SSSR count). The summed E-state index contributed by atoms with van der Waals surface area (Å²) in [6, 6.07) is 8.35. The number of nitrogens with zero attached hydrogens (tertiary/aromatic N) is 3. The second-order valence-corrected chi connectivity index (χ2v) is 4.28. The van der Waals surface area contributed by atoms with Crippen LogP contribution in [0.2, 0.25) is 0 Å². The Balaban J connectivity index is 2.30. The largest absolute Gasteiger partial charge is 0.314 e. The van der Waals surface area contributed by atoms with Crippen LogP contribution in [0.25, 0.3) is 0 Å². The highest BCUT2D eigenvalue weighted by Gasteiger charge is 2.10. The van der Waals surface area contributed by atoms with Crippen LogP contribution in [0, 0.1) is 6.92 Å². The van der Waals surface area contributed by atoms with Crippen LogP contribution in [0.1, 0.15) is 29.7 Å². The van der Waals surface area contributed by atoms with E-state index in [1.807, 2.05) is 6.07 Å². The van der Waals surface area contributed by atoms with Gasteiger partial charge in [0, 0.05) is 13.0 Å². The lowest BCUT2D eigenvalue weighted by molar-refractivity contribution is 0.686. The molecule has 1 aromatic heterocycles. The topological polar surface area (TPSA) is 30.7 Å². The number of aromatic nitrogens is 3. The fraction of sp³-hybridized carbons (Fsp3) is 0.385. The van der Waals surface area contributed by atoms with Gasteiger partial charge in [-0.05, 0) is 25.0 Å². The third-order valence-electron chi connectivity index (χ3n) is 2.95. The van der Waals surface area contributed by atoms with E-state index in [-0.39, 0.29) is 0 Å². The van der Waals surface area contributed by atoms with E-state index in [0.717, 1.165) is 24.6 Å². The number of aryl methyl sites for hydroxylation is 1. The summed E-state index contributed by atoms with van der Waals surface area (Å²) in [5.74, 6) is 2.24. The van der Waals surface area contributed by atoms with Crippen LogP contribution in [0.15, 0.2) is 24.3 Å². The predicted molar refractivity (Wildman–Crippen MR) is 69.2 cm³/mol. The van der Waals surface area contributed by atoms with E-state index in [0.29, 0.717) is 5.88 Å². The van der Waals surface area contributed by atoms with Crippen molar-refractivity contribution in [3.8, 4) is 0 Å². The molecule has 1 heterocycles. The Hall–Kier alpha value is -1.35. The Kier molecular flexibility index (Phi) is 3.79. The molecule has 0 saturated carbocycles. The summed E-state index contributed by atoms with van der Waals surface area (Å²) in [6.07, 6.45) is 0.810. The molecule has 90 valence electrons. The van der Waals surface area contributed by atoms with Crippen LogP contribution in [-0.2, 0) is 18.8 Å². The molecule has 0 atom stereocenters. The van der Waals surface area contributed by atoms with Gasteiger partial charge in [-0.2, -0.15) is 0 Å². The van der Waals surface area contributed by atoms with E-state index in [9.17, 15) is 0 Å². The van der Waals surface area contributed by atoms with Gasteiger partial charge in [-0.25, -0.2) is 0 Å². The third kappa shape index (κ3) is 2.50. The van der Waals surface area contributed by atoms with Crippen LogP contribution >= 0.6 is 11.6 Å². The minimum atomic E-state index is 0.411. The summed E-state index contributed by atoms with van der Waals surface area (Å²) in [5.41, 5.74) is 2.57. The normalized spacial score (nSPS) is 10.8. The van der Waals surface area contributed by atoms with E-state index in [4.69, 9.17) is 11.6 Å². The fourth-order valence-corrected chi connectivity index (χ4v) is 2.14. The first-order valence-corrected chi connectivity index (χ1v) is 6.31. The minimum Gasteiger partial charge on any atom is -0.314 e. The van der Waals surface area contributed by atoms with Crippen molar-refractivity contribution in [3.05, 3.63) is 47.0 Å². The number of rotatable bonds is 4. The molecule has 17 heavy (non-hydrogen) atoms. The first kappa shape index (κ1) is 12.1. The molecule has 3 nitrogen and oxygen atoms in total. The van der Waals surface area contributed by atoms with Crippen molar-refractivity contribution in [2.45, 2.75) is 32.7 Å². The Morgan fingerprint density at radius 3 is 2.53 bits per heavy atom. The van der Waals surface area contributed by atoms with E-state index in [1.54, 1.807) is 0 Å². The van der Waals surface area contributed by atoms with Gasteiger partial charge in [0.2, 0.25) is 0 Å². The lowest BCUT2D eigenvalue weighted by Gasteiger charge is -2.07. The SMILES string of the molecule is CCn1c(CCl)nnc1Cc1ccccc1C. The number of benzene rings is 1. The second kappa shape index (κ2) is 5.32. The first-order valence-electron chi connectivity index (χ1n) is 5.77. The highest BCUT2D eigenvalue weighted by Crippen LogP contribution is 2.14. The molecule has 0 amide bonds. The quantitative estimate of drug-likeness (QED) is 0.780. The number of halogens is 1. The van der Waals surface area contributed by atoms with Crippen molar-refractivity contribution in [3.63, 3.8) is 0 Å². The number of alkyl halides is 1. The highest BCUT2D eigenvalue weighted by molar-refractivity contribution is 6.16. The molecule has 0 fully saturated rings. The van der Waals surface area contributed by atoms with Gasteiger partial charge in [0.1, 0.15) is 11.6 Å². The van der Waals surface area contributed by atoms with Crippen molar-refractivity contribution in [2.75, 3.05) is 0 Å². The average molecular weight is 250 g/mol. The van der Waals surface area contributed by atoms with Crippen LogP contribution in [0.4, 0.5) is 0 Å². The molecule has 0 aliphatic rings. The van der Waals surface area contributed by atoms with Gasteiger partial charge in [-0.3, -0.25) is 0 Å². The summed E-state index contributed by atoms with van der Waals surface area (Å²) in [6.45, 7) is 5.06. The standard InChI is InChI=1S/C13H16ClN3/c1-3-17-12(15-16-13(17)9-14)8-11-7-5-4-6-10(11)2/h4-7H,3,8-9H2,1-2H3. The Morgan fingerprint density at radius 1 is 1.18 bits per heavy atom. The molecular weight excluding hydrogens is 234 g/mol. The molecular formula is C13H16ClN3. The summed E-state index contributed by atoms with van der Waals surface area (Å²) in [4.78, 5) is 0. The molecule has 0 saturated heterocycles. The Morgan fingerprint density at radius 2 is 1.88 bits per heavy atom. The van der Waals surface area contributed by atoms with Gasteiger partial charge in [0.05, 0.1) is 5.88 Å². The summed E-state index contributed by atoms with van der Waals surface area (Å²) in [7, 11) is 0. The smallest absolute Gasteiger partial charge is 0.147 e. The van der Waals surface area contributed by atoms with Crippen molar-refractivity contribution in [1.29, 1.82) is 0 Å². The van der Waals surface area contributed by atoms with Gasteiger partial charge in [0.15, 0.2) is 0 Å². The summed E-state index contributed by atoms with van der Waals surface area (Å²) < 4.78 is 2.08. The maximum Gasteiger partial charge on any atom is 0.147 e. The predicted octanol–water partition coefficient (Wildman–Crippen LogP) is 2.94. The molecule has 0 aliphatic carbocycles. The van der Waals surface area contributed by atoms with Crippen LogP contribution < -0.4 is 0 Å². The van der Waals surface area contributed by atoms with Crippen molar-refractivity contribution in [1.82, 2.24) is 14.8 Å². The maximum absolute atomic E-state index is 5.84. The van der Waals surface area contributed by atoms with Crippen molar-refractivity contribution < 1.29 is 0 Å². The monoisotopic (exact) mass is 249 g/mol. The molecule has 0 radical (unpaired) electrons. The van der Waals surface area contributed by atoms with Gasteiger partial charge in [0.25, 0.3) is 0 Å². The van der Waals surface area contributed by atoms with Crippen LogP contribution in [0.3, 0.4) is 0 Å². The molecule has 1 aromatic carbocycles. The summed E-state index contributed by atoms with van der Waals surface area (Å²) >= 11 is 5.84. The van der Waals surface area contributed by atoms with E-state index < -0.39 is 0 Å². The molecule has 0 spiro atoms. The summed E-state index contributed by atoms with van der Waals surface area (Å²) in [5, 5.41) is 8.34. The third-order valence-corrected chi connectivity index (χ3v) is 3.19. The second-order valence-electron chi connectivity index (χ2n) is 4.01. The highest BCUT2D eigenvalue weighted by atomic mass is 35.5. The Bertz CT molecular complexity index is 505. The molecule has 0 N–H and O–H groups in total. The van der Waals surface area contributed by atoms with E-state index in [1.165, 1.54) is 11.1 Å². The zero-order valence-electron chi connectivity index (χ0n) is 10.2. The van der Waals surface area contributed by atoms with E-state index in [2.05, 4.69) is 46.8 Å². The van der Waals surface area contributed by atoms with Gasteiger partial charge < -0.3 is 4.57 Å². The molecule has 2 aromatic rings. The zero-order valence-corrected chi connectivity index (χ0v) is 10.9. The van der Waals surface area contributed by atoms with Gasteiger partial charge in [-0.15, -0.1) is 21.8 Å².